The van der Waals surface area contributed by atoms with Crippen molar-refractivity contribution >= 4 is 24.4 Å². The number of thiol groups is 1. The van der Waals surface area contributed by atoms with Gasteiger partial charge < -0.3 is 0 Å². The van der Waals surface area contributed by atoms with E-state index in [1.807, 2.05) is 11.8 Å². The second-order valence-corrected chi connectivity index (χ2v) is 4.39. The molecule has 0 aromatic rings. The van der Waals surface area contributed by atoms with Crippen LogP contribution in [0.2, 0.25) is 0 Å². The molecule has 0 amide bonds. The second-order valence-electron chi connectivity index (χ2n) is 3.11. The third kappa shape index (κ3) is 6.47. The Bertz CT molecular complexity index is 137. The Kier molecular flexibility index (Phi) is 9.25. The van der Waals surface area contributed by atoms with Crippen molar-refractivity contribution in [2.45, 2.75) is 19.4 Å². The van der Waals surface area contributed by atoms with E-state index in [2.05, 4.69) is 49.9 Å². The maximum absolute atomic E-state index is 4.13. The van der Waals surface area contributed by atoms with Crippen LogP contribution in [0, 0.1) is 0 Å². The number of likely N-dealkylation sites (N-methyl/N-ethyl adjacent to an activating group) is 1. The predicted octanol–water partition coefficient (Wildman–Crippen LogP) is 2.55. The molecule has 0 aromatic heterocycles. The van der Waals surface area contributed by atoms with E-state index in [0.717, 1.165) is 12.3 Å². The van der Waals surface area contributed by atoms with Crippen LogP contribution in [0.1, 0.15) is 13.3 Å². The number of hydrogen-bond acceptors (Lipinski definition) is 3. The number of rotatable bonds is 7. The lowest BCUT2D eigenvalue weighted by Crippen LogP contribution is -2.33. The molecule has 0 saturated heterocycles. The first-order chi connectivity index (χ1) is 6.26. The van der Waals surface area contributed by atoms with Crippen LogP contribution in [0.5, 0.6) is 0 Å². The zero-order chi connectivity index (χ0) is 10.1. The first-order valence-corrected chi connectivity index (χ1v) is 6.73. The Morgan fingerprint density at radius 3 is 2.62 bits per heavy atom. The molecule has 1 atom stereocenters. The Morgan fingerprint density at radius 2 is 2.15 bits per heavy atom. The summed E-state index contributed by atoms with van der Waals surface area (Å²) < 4.78 is 0. The lowest BCUT2D eigenvalue weighted by atomic mass is 10.2. The van der Waals surface area contributed by atoms with E-state index in [0.29, 0.717) is 6.04 Å². The monoisotopic (exact) mass is 219 g/mol. The lowest BCUT2D eigenvalue weighted by molar-refractivity contribution is 0.282. The molecule has 1 unspecified atom stereocenters. The Hall–Kier alpha value is 0.400. The minimum atomic E-state index is 0.708. The highest BCUT2D eigenvalue weighted by atomic mass is 32.2. The van der Waals surface area contributed by atoms with Crippen LogP contribution in [0.4, 0.5) is 0 Å². The van der Waals surface area contributed by atoms with E-state index in [4.69, 9.17) is 0 Å². The van der Waals surface area contributed by atoms with E-state index in [-0.39, 0.29) is 0 Å². The molecule has 0 aromatic carbocycles. The van der Waals surface area contributed by atoms with Crippen LogP contribution >= 0.6 is 24.4 Å². The largest absolute Gasteiger partial charge is 0.299 e. The number of hydrogen-bond donors (Lipinski definition) is 1. The van der Waals surface area contributed by atoms with E-state index in [1.54, 1.807) is 0 Å². The fourth-order valence-electron chi connectivity index (χ4n) is 1.21. The molecule has 0 aliphatic rings. The van der Waals surface area contributed by atoms with Gasteiger partial charge in [-0.3, -0.25) is 4.90 Å². The van der Waals surface area contributed by atoms with E-state index in [9.17, 15) is 0 Å². The van der Waals surface area contributed by atoms with Gasteiger partial charge in [0.2, 0.25) is 0 Å². The molecule has 0 saturated carbocycles. The molecule has 0 fully saturated rings. The average molecular weight is 219 g/mol. The van der Waals surface area contributed by atoms with Gasteiger partial charge in [0.05, 0.1) is 0 Å². The molecular formula is C10H21NS2. The summed E-state index contributed by atoms with van der Waals surface area (Å²) >= 11 is 6.05. The van der Waals surface area contributed by atoms with Crippen LogP contribution in [0.3, 0.4) is 0 Å². The van der Waals surface area contributed by atoms with Gasteiger partial charge in [0.15, 0.2) is 0 Å². The Balaban J connectivity index is 3.76. The Morgan fingerprint density at radius 1 is 1.46 bits per heavy atom. The zero-order valence-electron chi connectivity index (χ0n) is 8.86. The third-order valence-electron chi connectivity index (χ3n) is 2.12. The highest BCUT2D eigenvalue weighted by Crippen LogP contribution is 2.07. The molecule has 0 radical (unpaired) electrons. The molecule has 0 aliphatic carbocycles. The van der Waals surface area contributed by atoms with Crippen molar-refractivity contribution in [3.63, 3.8) is 0 Å². The van der Waals surface area contributed by atoms with Crippen molar-refractivity contribution in [2.24, 2.45) is 0 Å². The SMILES string of the molecule is CCC(CSC)N(C)C/C=C/CS. The maximum atomic E-state index is 4.13. The first-order valence-electron chi connectivity index (χ1n) is 4.71. The molecule has 0 aliphatic heterocycles. The summed E-state index contributed by atoms with van der Waals surface area (Å²) in [7, 11) is 2.19. The standard InChI is InChI=1S/C10H21NS2/c1-4-10(9-13-3)11(2)7-5-6-8-12/h5-6,10,12H,4,7-9H2,1-3H3/b6-5+. The zero-order valence-corrected chi connectivity index (χ0v) is 10.6. The van der Waals surface area contributed by atoms with E-state index >= 15 is 0 Å². The highest BCUT2D eigenvalue weighted by Gasteiger charge is 2.09. The van der Waals surface area contributed by atoms with Gasteiger partial charge in [-0.25, -0.2) is 0 Å². The van der Waals surface area contributed by atoms with Crippen molar-refractivity contribution in [1.29, 1.82) is 0 Å². The molecule has 0 bridgehead atoms. The smallest absolute Gasteiger partial charge is 0.0183 e. The van der Waals surface area contributed by atoms with Crippen LogP contribution in [0.15, 0.2) is 12.2 Å². The fourth-order valence-corrected chi connectivity index (χ4v) is 2.24. The number of thioether (sulfide) groups is 1. The quantitative estimate of drug-likeness (QED) is 0.518. The van der Waals surface area contributed by atoms with Crippen LogP contribution < -0.4 is 0 Å². The van der Waals surface area contributed by atoms with Gasteiger partial charge in [0.1, 0.15) is 0 Å². The molecular weight excluding hydrogens is 198 g/mol. The van der Waals surface area contributed by atoms with Crippen molar-refractivity contribution in [2.75, 3.05) is 31.4 Å². The predicted molar refractivity (Wildman–Crippen MR) is 68.1 cm³/mol. The topological polar surface area (TPSA) is 3.24 Å². The molecule has 13 heavy (non-hydrogen) atoms. The normalized spacial score (nSPS) is 14.2. The van der Waals surface area contributed by atoms with Gasteiger partial charge in [-0.05, 0) is 19.7 Å². The average Bonchev–Trinajstić information content (AvgIpc) is 2.14. The van der Waals surface area contributed by atoms with Gasteiger partial charge in [-0.2, -0.15) is 24.4 Å². The highest BCUT2D eigenvalue weighted by molar-refractivity contribution is 7.98. The van der Waals surface area contributed by atoms with Gasteiger partial charge in [-0.1, -0.05) is 19.1 Å². The van der Waals surface area contributed by atoms with Gasteiger partial charge in [-0.15, -0.1) is 0 Å². The summed E-state index contributed by atoms with van der Waals surface area (Å²) in [4.78, 5) is 2.40. The fraction of sp³-hybridized carbons (Fsp3) is 0.800. The molecule has 0 rings (SSSR count). The minimum absolute atomic E-state index is 0.708. The summed E-state index contributed by atoms with van der Waals surface area (Å²) in [5.74, 6) is 2.06. The van der Waals surface area contributed by atoms with Crippen molar-refractivity contribution in [3.05, 3.63) is 12.2 Å². The molecule has 0 heterocycles. The summed E-state index contributed by atoms with van der Waals surface area (Å²) in [5, 5.41) is 0. The first kappa shape index (κ1) is 13.4. The molecule has 1 nitrogen and oxygen atoms in total. The summed E-state index contributed by atoms with van der Waals surface area (Å²) in [5.41, 5.74) is 0. The Labute approximate surface area is 92.4 Å². The summed E-state index contributed by atoms with van der Waals surface area (Å²) in [6.45, 7) is 3.29. The van der Waals surface area contributed by atoms with Gasteiger partial charge in [0, 0.05) is 24.1 Å². The second kappa shape index (κ2) is 8.97. The molecule has 78 valence electrons. The maximum Gasteiger partial charge on any atom is 0.0183 e. The number of nitrogens with zero attached hydrogens (tertiary/aromatic N) is 1. The molecule has 0 N–H and O–H groups in total. The van der Waals surface area contributed by atoms with Crippen molar-refractivity contribution in [1.82, 2.24) is 4.90 Å². The summed E-state index contributed by atoms with van der Waals surface area (Å²) in [6, 6.07) is 0.708. The van der Waals surface area contributed by atoms with Crippen LogP contribution in [-0.4, -0.2) is 42.3 Å². The van der Waals surface area contributed by atoms with E-state index in [1.165, 1.54) is 12.2 Å². The van der Waals surface area contributed by atoms with E-state index < -0.39 is 0 Å². The van der Waals surface area contributed by atoms with Gasteiger partial charge >= 0.3 is 0 Å². The van der Waals surface area contributed by atoms with Crippen molar-refractivity contribution in [3.8, 4) is 0 Å². The van der Waals surface area contributed by atoms with Crippen LogP contribution in [0.25, 0.3) is 0 Å². The van der Waals surface area contributed by atoms with Crippen molar-refractivity contribution < 1.29 is 0 Å². The third-order valence-corrected chi connectivity index (χ3v) is 3.05. The summed E-state index contributed by atoms with van der Waals surface area (Å²) in [6.07, 6.45) is 7.69. The van der Waals surface area contributed by atoms with Crippen LogP contribution in [-0.2, 0) is 0 Å². The molecule has 3 heteroatoms. The molecule has 0 spiro atoms. The van der Waals surface area contributed by atoms with Gasteiger partial charge in [0.25, 0.3) is 0 Å². The minimum Gasteiger partial charge on any atom is -0.299 e. The lowest BCUT2D eigenvalue weighted by Gasteiger charge is -2.25.